The molecule has 0 unspecified atom stereocenters. The second-order valence-electron chi connectivity index (χ2n) is 3.69. The van der Waals surface area contributed by atoms with Crippen LogP contribution in [0.4, 0.5) is 5.69 Å². The molecule has 8 heteroatoms. The number of nitrogens with two attached hydrogens (primary N) is 1. The molecule has 0 aromatic heterocycles. The Labute approximate surface area is 115 Å². The third-order valence-corrected chi connectivity index (χ3v) is 2.43. The molecule has 0 spiro atoms. The highest BCUT2D eigenvalue weighted by Crippen LogP contribution is 2.34. The molecule has 0 radical (unpaired) electrons. The predicted molar refractivity (Wildman–Crippen MR) is 69.7 cm³/mol. The van der Waals surface area contributed by atoms with E-state index in [2.05, 4.69) is 0 Å². The zero-order chi connectivity index (χ0) is 15.1. The molecule has 1 rings (SSSR count). The van der Waals surface area contributed by atoms with Crippen LogP contribution in [0.3, 0.4) is 0 Å². The lowest BCUT2D eigenvalue weighted by Crippen LogP contribution is -2.15. The number of nitro groups is 1. The molecule has 0 bridgehead atoms. The zero-order valence-electron chi connectivity index (χ0n) is 11.3. The molecule has 110 valence electrons. The summed E-state index contributed by atoms with van der Waals surface area (Å²) in [7, 11) is 1.39. The molecule has 0 saturated carbocycles. The zero-order valence-corrected chi connectivity index (χ0v) is 11.3. The van der Waals surface area contributed by atoms with Crippen LogP contribution in [-0.4, -0.2) is 31.2 Å². The van der Waals surface area contributed by atoms with Crippen molar-refractivity contribution in [2.75, 3.05) is 20.3 Å². The highest BCUT2D eigenvalue weighted by molar-refractivity contribution is 5.71. The van der Waals surface area contributed by atoms with Gasteiger partial charge in [0.15, 0.2) is 18.1 Å². The maximum absolute atomic E-state index is 11.2. The summed E-state index contributed by atoms with van der Waals surface area (Å²) >= 11 is 0. The Morgan fingerprint density at radius 3 is 2.60 bits per heavy atom. The Morgan fingerprint density at radius 2 is 2.10 bits per heavy atom. The number of nitrogens with zero attached hydrogens (tertiary/aromatic N) is 1. The Bertz CT molecular complexity index is 503. The van der Waals surface area contributed by atoms with E-state index < -0.39 is 10.9 Å². The van der Waals surface area contributed by atoms with Crippen molar-refractivity contribution in [3.63, 3.8) is 0 Å². The number of benzene rings is 1. The molecule has 1 aromatic rings. The van der Waals surface area contributed by atoms with Gasteiger partial charge in [-0.1, -0.05) is 0 Å². The fourth-order valence-corrected chi connectivity index (χ4v) is 1.54. The SMILES string of the molecule is CCOC(=O)COc1cc([N+](=O)[O-])c(CN)cc1OC. The molecule has 0 aliphatic rings. The number of ether oxygens (including phenoxy) is 3. The maximum atomic E-state index is 11.2. The molecule has 0 aliphatic heterocycles. The van der Waals surface area contributed by atoms with Gasteiger partial charge in [0.05, 0.1) is 24.7 Å². The minimum Gasteiger partial charge on any atom is -0.493 e. The van der Waals surface area contributed by atoms with Gasteiger partial charge in [-0.3, -0.25) is 10.1 Å². The van der Waals surface area contributed by atoms with Crippen molar-refractivity contribution < 1.29 is 23.9 Å². The highest BCUT2D eigenvalue weighted by atomic mass is 16.6. The summed E-state index contributed by atoms with van der Waals surface area (Å²) < 4.78 is 14.9. The summed E-state index contributed by atoms with van der Waals surface area (Å²) in [6.07, 6.45) is 0. The number of nitro benzene ring substituents is 1. The first-order chi connectivity index (χ1) is 9.53. The molecular formula is C12H16N2O6. The van der Waals surface area contributed by atoms with Crippen molar-refractivity contribution in [3.8, 4) is 11.5 Å². The van der Waals surface area contributed by atoms with E-state index in [-0.39, 0.29) is 36.9 Å². The van der Waals surface area contributed by atoms with Crippen molar-refractivity contribution in [2.24, 2.45) is 5.73 Å². The quantitative estimate of drug-likeness (QED) is 0.451. The number of hydrogen-bond donors (Lipinski definition) is 1. The summed E-state index contributed by atoms with van der Waals surface area (Å²) in [4.78, 5) is 21.6. The summed E-state index contributed by atoms with van der Waals surface area (Å²) in [5.41, 5.74) is 5.58. The van der Waals surface area contributed by atoms with E-state index >= 15 is 0 Å². The van der Waals surface area contributed by atoms with Crippen molar-refractivity contribution >= 4 is 11.7 Å². The van der Waals surface area contributed by atoms with E-state index in [0.29, 0.717) is 5.56 Å². The largest absolute Gasteiger partial charge is 0.493 e. The van der Waals surface area contributed by atoms with Gasteiger partial charge in [-0.05, 0) is 13.0 Å². The lowest BCUT2D eigenvalue weighted by Gasteiger charge is -2.11. The number of hydrogen-bond acceptors (Lipinski definition) is 7. The second kappa shape index (κ2) is 7.29. The van der Waals surface area contributed by atoms with Crippen molar-refractivity contribution in [2.45, 2.75) is 13.5 Å². The van der Waals surface area contributed by atoms with Crippen LogP contribution in [0.15, 0.2) is 12.1 Å². The minimum atomic E-state index is -0.571. The van der Waals surface area contributed by atoms with Crippen LogP contribution in [0.5, 0.6) is 11.5 Å². The fourth-order valence-electron chi connectivity index (χ4n) is 1.54. The highest BCUT2D eigenvalue weighted by Gasteiger charge is 2.19. The second-order valence-corrected chi connectivity index (χ2v) is 3.69. The summed E-state index contributed by atoms with van der Waals surface area (Å²) in [6, 6.07) is 2.60. The molecular weight excluding hydrogens is 268 g/mol. The molecule has 8 nitrogen and oxygen atoms in total. The minimum absolute atomic E-state index is 0.00910. The first-order valence-electron chi connectivity index (χ1n) is 5.87. The average molecular weight is 284 g/mol. The number of carbonyl (C=O) groups excluding carboxylic acids is 1. The normalized spacial score (nSPS) is 9.95. The number of methoxy groups -OCH3 is 1. The van der Waals surface area contributed by atoms with Gasteiger partial charge in [-0.25, -0.2) is 4.79 Å². The van der Waals surface area contributed by atoms with Crippen LogP contribution in [-0.2, 0) is 16.1 Å². The summed E-state index contributed by atoms with van der Waals surface area (Å²) in [5.74, 6) is -0.218. The first kappa shape index (κ1) is 15.7. The van der Waals surface area contributed by atoms with Gasteiger partial charge in [0.2, 0.25) is 0 Å². The smallest absolute Gasteiger partial charge is 0.344 e. The lowest BCUT2D eigenvalue weighted by atomic mass is 10.1. The number of esters is 1. The predicted octanol–water partition coefficient (Wildman–Crippen LogP) is 1.00. The Hall–Kier alpha value is -2.35. The van der Waals surface area contributed by atoms with Gasteiger partial charge in [0, 0.05) is 12.1 Å². The van der Waals surface area contributed by atoms with Crippen molar-refractivity contribution in [1.82, 2.24) is 0 Å². The molecule has 0 fully saturated rings. The van der Waals surface area contributed by atoms with Crippen molar-refractivity contribution in [1.29, 1.82) is 0 Å². The van der Waals surface area contributed by atoms with Gasteiger partial charge in [-0.2, -0.15) is 0 Å². The molecule has 0 atom stereocenters. The molecule has 1 aromatic carbocycles. The molecule has 2 N–H and O–H groups in total. The van der Waals surface area contributed by atoms with E-state index in [4.69, 9.17) is 19.9 Å². The average Bonchev–Trinajstić information content (AvgIpc) is 2.44. The van der Waals surface area contributed by atoms with Gasteiger partial charge in [-0.15, -0.1) is 0 Å². The molecule has 0 amide bonds. The molecule has 0 aliphatic carbocycles. The number of rotatable bonds is 7. The molecule has 0 saturated heterocycles. The number of carbonyl (C=O) groups is 1. The maximum Gasteiger partial charge on any atom is 0.344 e. The van der Waals surface area contributed by atoms with E-state index in [9.17, 15) is 14.9 Å². The summed E-state index contributed by atoms with van der Waals surface area (Å²) in [6.45, 7) is 1.53. The molecule has 0 heterocycles. The van der Waals surface area contributed by atoms with Gasteiger partial charge in [0.25, 0.3) is 5.69 Å². The lowest BCUT2D eigenvalue weighted by molar-refractivity contribution is -0.385. The topological polar surface area (TPSA) is 114 Å². The van der Waals surface area contributed by atoms with Crippen LogP contribution in [0.1, 0.15) is 12.5 Å². The van der Waals surface area contributed by atoms with E-state index in [1.165, 1.54) is 19.2 Å². The van der Waals surface area contributed by atoms with E-state index in [1.54, 1.807) is 6.92 Å². The van der Waals surface area contributed by atoms with Gasteiger partial charge >= 0.3 is 5.97 Å². The Balaban J connectivity index is 3.02. The van der Waals surface area contributed by atoms with Crippen molar-refractivity contribution in [3.05, 3.63) is 27.8 Å². The Kier molecular flexibility index (Phi) is 5.73. The van der Waals surface area contributed by atoms with Crippen LogP contribution in [0.2, 0.25) is 0 Å². The van der Waals surface area contributed by atoms with Gasteiger partial charge in [0.1, 0.15) is 0 Å². The van der Waals surface area contributed by atoms with E-state index in [1.807, 2.05) is 0 Å². The fraction of sp³-hybridized carbons (Fsp3) is 0.417. The van der Waals surface area contributed by atoms with Crippen LogP contribution >= 0.6 is 0 Å². The first-order valence-corrected chi connectivity index (χ1v) is 5.87. The third-order valence-electron chi connectivity index (χ3n) is 2.43. The summed E-state index contributed by atoms with van der Waals surface area (Å²) in [5, 5.41) is 10.9. The molecule has 20 heavy (non-hydrogen) atoms. The van der Waals surface area contributed by atoms with E-state index in [0.717, 1.165) is 0 Å². The van der Waals surface area contributed by atoms with Gasteiger partial charge < -0.3 is 19.9 Å². The van der Waals surface area contributed by atoms with Crippen LogP contribution in [0, 0.1) is 10.1 Å². The van der Waals surface area contributed by atoms with Crippen LogP contribution < -0.4 is 15.2 Å². The van der Waals surface area contributed by atoms with Crippen LogP contribution in [0.25, 0.3) is 0 Å². The monoisotopic (exact) mass is 284 g/mol. The Morgan fingerprint density at radius 1 is 1.40 bits per heavy atom. The third kappa shape index (κ3) is 3.82. The standard InChI is InChI=1S/C12H16N2O6/c1-3-19-12(15)7-20-11-5-9(14(16)17)8(6-13)4-10(11)18-2/h4-5H,3,6-7,13H2,1-2H3.